The maximum Gasteiger partial charge on any atom is 0.315 e. The summed E-state index contributed by atoms with van der Waals surface area (Å²) in [6, 6.07) is 0.109. The first-order valence-corrected chi connectivity index (χ1v) is 8.24. The molecule has 2 amide bonds. The Kier molecular flexibility index (Phi) is 5.48. The molecule has 0 aromatic carbocycles. The highest BCUT2D eigenvalue weighted by atomic mass is 16.4. The summed E-state index contributed by atoms with van der Waals surface area (Å²) >= 11 is 0. The molecule has 2 saturated carbocycles. The zero-order chi connectivity index (χ0) is 15.4. The second-order valence-corrected chi connectivity index (χ2v) is 6.99. The fourth-order valence-corrected chi connectivity index (χ4v) is 3.93. The Labute approximate surface area is 126 Å². The number of rotatable bonds is 4. The van der Waals surface area contributed by atoms with Crippen molar-refractivity contribution in [2.75, 3.05) is 6.54 Å². The van der Waals surface area contributed by atoms with Crippen LogP contribution in [0.3, 0.4) is 0 Å². The molecule has 2 fully saturated rings. The van der Waals surface area contributed by atoms with Gasteiger partial charge in [0.15, 0.2) is 0 Å². The number of carbonyl (C=O) groups is 2. The lowest BCUT2D eigenvalue weighted by Gasteiger charge is -2.33. The highest BCUT2D eigenvalue weighted by Crippen LogP contribution is 2.31. The van der Waals surface area contributed by atoms with E-state index in [-0.39, 0.29) is 23.9 Å². The van der Waals surface area contributed by atoms with Crippen LogP contribution < -0.4 is 10.6 Å². The smallest absolute Gasteiger partial charge is 0.315 e. The van der Waals surface area contributed by atoms with Gasteiger partial charge in [-0.2, -0.15) is 0 Å². The van der Waals surface area contributed by atoms with E-state index >= 15 is 0 Å². The first-order chi connectivity index (χ1) is 9.97. The van der Waals surface area contributed by atoms with Gasteiger partial charge in [0.2, 0.25) is 0 Å². The Morgan fingerprint density at radius 1 is 1.14 bits per heavy atom. The largest absolute Gasteiger partial charge is 0.481 e. The van der Waals surface area contributed by atoms with Crippen molar-refractivity contribution in [2.24, 2.45) is 23.7 Å². The molecule has 0 bridgehead atoms. The SMILES string of the molecule is CC1CCC(NC(=O)NCC2CCCC2C(=O)O)C(C)C1. The lowest BCUT2D eigenvalue weighted by molar-refractivity contribution is -0.142. The highest BCUT2D eigenvalue weighted by Gasteiger charge is 2.33. The second kappa shape index (κ2) is 7.14. The van der Waals surface area contributed by atoms with E-state index in [1.165, 1.54) is 6.42 Å². The Hall–Kier alpha value is -1.26. The average molecular weight is 296 g/mol. The van der Waals surface area contributed by atoms with Gasteiger partial charge in [0, 0.05) is 12.6 Å². The number of carbonyl (C=O) groups excluding carboxylic acids is 1. The van der Waals surface area contributed by atoms with Gasteiger partial charge in [-0.25, -0.2) is 4.79 Å². The molecule has 5 atom stereocenters. The van der Waals surface area contributed by atoms with Crippen molar-refractivity contribution in [2.45, 2.75) is 58.4 Å². The van der Waals surface area contributed by atoms with Crippen LogP contribution in [-0.4, -0.2) is 29.7 Å². The van der Waals surface area contributed by atoms with Crippen LogP contribution >= 0.6 is 0 Å². The molecule has 2 aliphatic carbocycles. The first kappa shape index (κ1) is 16.1. The fraction of sp³-hybridized carbons (Fsp3) is 0.875. The van der Waals surface area contributed by atoms with Crippen LogP contribution in [0.4, 0.5) is 4.79 Å². The van der Waals surface area contributed by atoms with Crippen molar-refractivity contribution in [3.05, 3.63) is 0 Å². The molecule has 5 unspecified atom stereocenters. The second-order valence-electron chi connectivity index (χ2n) is 6.99. The van der Waals surface area contributed by atoms with Gasteiger partial charge in [0.05, 0.1) is 5.92 Å². The summed E-state index contributed by atoms with van der Waals surface area (Å²) < 4.78 is 0. The number of carboxylic acids is 1. The molecule has 0 heterocycles. The van der Waals surface area contributed by atoms with Gasteiger partial charge < -0.3 is 15.7 Å². The number of nitrogens with one attached hydrogen (secondary N) is 2. The third-order valence-corrected chi connectivity index (χ3v) is 5.25. The standard InChI is InChI=1S/C16H28N2O3/c1-10-6-7-14(11(2)8-10)18-16(21)17-9-12-4-3-5-13(12)15(19)20/h10-14H,3-9H2,1-2H3,(H,19,20)(H2,17,18,21). The maximum atomic E-state index is 12.0. The van der Waals surface area contributed by atoms with E-state index < -0.39 is 5.97 Å². The van der Waals surface area contributed by atoms with Crippen LogP contribution in [0.2, 0.25) is 0 Å². The van der Waals surface area contributed by atoms with Crippen LogP contribution in [0.5, 0.6) is 0 Å². The number of hydrogen-bond donors (Lipinski definition) is 3. The number of aliphatic carboxylic acids is 1. The predicted octanol–water partition coefficient (Wildman–Crippen LogP) is 2.61. The van der Waals surface area contributed by atoms with E-state index in [1.54, 1.807) is 0 Å². The molecule has 5 heteroatoms. The maximum absolute atomic E-state index is 12.0. The summed E-state index contributed by atoms with van der Waals surface area (Å²) in [5.41, 5.74) is 0. The normalized spacial score (nSPS) is 36.2. The van der Waals surface area contributed by atoms with E-state index in [1.807, 2.05) is 0 Å². The third kappa shape index (κ3) is 4.35. The molecule has 2 aliphatic rings. The quantitative estimate of drug-likeness (QED) is 0.746. The van der Waals surface area contributed by atoms with Crippen molar-refractivity contribution in [1.82, 2.24) is 10.6 Å². The van der Waals surface area contributed by atoms with Crippen molar-refractivity contribution in [1.29, 1.82) is 0 Å². The summed E-state index contributed by atoms with van der Waals surface area (Å²) in [5, 5.41) is 15.1. The summed E-state index contributed by atoms with van der Waals surface area (Å²) in [4.78, 5) is 23.1. The zero-order valence-corrected chi connectivity index (χ0v) is 13.1. The summed E-state index contributed by atoms with van der Waals surface area (Å²) in [5.74, 6) is 0.320. The molecule has 0 radical (unpaired) electrons. The first-order valence-electron chi connectivity index (χ1n) is 8.24. The summed E-state index contributed by atoms with van der Waals surface area (Å²) in [6.45, 7) is 4.93. The van der Waals surface area contributed by atoms with Gasteiger partial charge in [-0.15, -0.1) is 0 Å². The highest BCUT2D eigenvalue weighted by molar-refractivity contribution is 5.74. The molecule has 0 saturated heterocycles. The van der Waals surface area contributed by atoms with Gasteiger partial charge >= 0.3 is 12.0 Å². The molecule has 5 nitrogen and oxygen atoms in total. The molecule has 3 N–H and O–H groups in total. The van der Waals surface area contributed by atoms with Crippen molar-refractivity contribution in [3.63, 3.8) is 0 Å². The molecule has 0 aromatic rings. The lowest BCUT2D eigenvalue weighted by atomic mass is 9.80. The van der Waals surface area contributed by atoms with E-state index in [0.717, 1.165) is 38.0 Å². The summed E-state index contributed by atoms with van der Waals surface area (Å²) in [6.07, 6.45) is 5.95. The minimum absolute atomic E-state index is 0.0806. The number of carboxylic acid groups (broad SMARTS) is 1. The number of hydrogen-bond acceptors (Lipinski definition) is 2. The molecule has 2 rings (SSSR count). The molecule has 0 spiro atoms. The van der Waals surface area contributed by atoms with Crippen molar-refractivity contribution < 1.29 is 14.7 Å². The van der Waals surface area contributed by atoms with E-state index in [9.17, 15) is 9.59 Å². The minimum Gasteiger partial charge on any atom is -0.481 e. The summed E-state index contributed by atoms with van der Waals surface area (Å²) in [7, 11) is 0. The molecular weight excluding hydrogens is 268 g/mol. The monoisotopic (exact) mass is 296 g/mol. The predicted molar refractivity (Wildman–Crippen MR) is 81.0 cm³/mol. The molecule has 0 aliphatic heterocycles. The average Bonchev–Trinajstić information content (AvgIpc) is 2.88. The van der Waals surface area contributed by atoms with Crippen molar-refractivity contribution >= 4 is 12.0 Å². The Morgan fingerprint density at radius 3 is 2.57 bits per heavy atom. The van der Waals surface area contributed by atoms with E-state index in [4.69, 9.17) is 5.11 Å². The molecule has 0 aromatic heterocycles. The van der Waals surface area contributed by atoms with E-state index in [2.05, 4.69) is 24.5 Å². The van der Waals surface area contributed by atoms with E-state index in [0.29, 0.717) is 12.5 Å². The van der Waals surface area contributed by atoms with Crippen LogP contribution in [0, 0.1) is 23.7 Å². The Morgan fingerprint density at radius 2 is 1.90 bits per heavy atom. The minimum atomic E-state index is -0.727. The van der Waals surface area contributed by atoms with Crippen molar-refractivity contribution in [3.8, 4) is 0 Å². The zero-order valence-electron chi connectivity index (χ0n) is 13.1. The van der Waals surface area contributed by atoms with Crippen LogP contribution in [0.15, 0.2) is 0 Å². The van der Waals surface area contributed by atoms with Gasteiger partial charge in [0.1, 0.15) is 0 Å². The lowest BCUT2D eigenvalue weighted by Crippen LogP contribution is -2.48. The number of urea groups is 1. The fourth-order valence-electron chi connectivity index (χ4n) is 3.93. The molecule has 21 heavy (non-hydrogen) atoms. The molecular formula is C16H28N2O3. The van der Waals surface area contributed by atoms with Gasteiger partial charge in [0.25, 0.3) is 0 Å². The topological polar surface area (TPSA) is 78.4 Å². The molecule has 120 valence electrons. The van der Waals surface area contributed by atoms with Gasteiger partial charge in [-0.05, 0) is 49.9 Å². The Bertz CT molecular complexity index is 386. The van der Waals surface area contributed by atoms with Crippen LogP contribution in [-0.2, 0) is 4.79 Å². The van der Waals surface area contributed by atoms with Crippen LogP contribution in [0.1, 0.15) is 52.4 Å². The Balaban J connectivity index is 1.73. The third-order valence-electron chi connectivity index (χ3n) is 5.25. The van der Waals surface area contributed by atoms with Crippen LogP contribution in [0.25, 0.3) is 0 Å². The number of amides is 2. The van der Waals surface area contributed by atoms with Gasteiger partial charge in [-0.1, -0.05) is 20.3 Å². The van der Waals surface area contributed by atoms with Gasteiger partial charge in [-0.3, -0.25) is 4.79 Å².